The van der Waals surface area contributed by atoms with Gasteiger partial charge in [0.1, 0.15) is 13.2 Å². The molecule has 0 aliphatic heterocycles. The van der Waals surface area contributed by atoms with E-state index in [2.05, 4.69) is 61.8 Å². The Labute approximate surface area is 344 Å². The number of rotatable bonds is 37. The van der Waals surface area contributed by atoms with Gasteiger partial charge >= 0.3 is 11.9 Å². The largest absolute Gasteiger partial charge is 0.461 e. The normalized spacial score (nSPS) is 11.5. The van der Waals surface area contributed by atoms with Crippen LogP contribution in [0.4, 0.5) is 0 Å². The summed E-state index contributed by atoms with van der Waals surface area (Å²) in [6.07, 6.45) is 28.7. The highest BCUT2D eigenvalue weighted by molar-refractivity contribution is 5.70. The van der Waals surface area contributed by atoms with Crippen LogP contribution in [0.5, 0.6) is 0 Å². The molecule has 0 saturated heterocycles. The van der Waals surface area contributed by atoms with Crippen molar-refractivity contribution in [3.05, 3.63) is 59.7 Å². The van der Waals surface area contributed by atoms with E-state index in [1.807, 2.05) is 24.3 Å². The van der Waals surface area contributed by atoms with Crippen molar-refractivity contribution in [2.45, 2.75) is 195 Å². The van der Waals surface area contributed by atoms with Crippen LogP contribution in [-0.4, -0.2) is 61.0 Å². The van der Waals surface area contributed by atoms with Crippen LogP contribution in [0.1, 0.15) is 193 Å². The number of nitrogens with zero attached hydrogens (tertiary/aromatic N) is 2. The van der Waals surface area contributed by atoms with Crippen molar-refractivity contribution >= 4 is 11.9 Å². The van der Waals surface area contributed by atoms with Crippen LogP contribution in [0, 0.1) is 0 Å². The molecule has 2 aromatic rings. The highest BCUT2D eigenvalue weighted by Gasteiger charge is 2.11. The molecule has 6 heteroatoms. The fourth-order valence-electron chi connectivity index (χ4n) is 7.38. The summed E-state index contributed by atoms with van der Waals surface area (Å²) in [5.41, 5.74) is 4.20. The van der Waals surface area contributed by atoms with Gasteiger partial charge in [-0.2, -0.15) is 0 Å². The Balaban J connectivity index is 1.70. The molecule has 2 rings (SSSR count). The SMILES string of the molecule is CCCCCCCN(CCCCCCC)CCCC(=O)OCc1ccc(-c2ccc(COC(=O)CCCN(CCCCCCC)CCCCCCC)cc2)cc1. The highest BCUT2D eigenvalue weighted by Crippen LogP contribution is 2.21. The third-order valence-electron chi connectivity index (χ3n) is 11.1. The lowest BCUT2D eigenvalue weighted by molar-refractivity contribution is -0.146. The number of esters is 2. The number of hydrogen-bond donors (Lipinski definition) is 0. The van der Waals surface area contributed by atoms with Gasteiger partial charge in [0.15, 0.2) is 0 Å². The minimum atomic E-state index is -0.112. The van der Waals surface area contributed by atoms with E-state index in [-0.39, 0.29) is 11.9 Å². The van der Waals surface area contributed by atoms with Gasteiger partial charge in [-0.25, -0.2) is 0 Å². The van der Waals surface area contributed by atoms with E-state index >= 15 is 0 Å². The predicted molar refractivity (Wildman–Crippen MR) is 238 cm³/mol. The van der Waals surface area contributed by atoms with Gasteiger partial charge in [0.05, 0.1) is 0 Å². The molecule has 0 radical (unpaired) electrons. The summed E-state index contributed by atoms with van der Waals surface area (Å²) in [5.74, 6) is -0.223. The Morgan fingerprint density at radius 1 is 0.375 bits per heavy atom. The number of unbranched alkanes of at least 4 members (excludes halogenated alkanes) is 16. The van der Waals surface area contributed by atoms with Gasteiger partial charge in [0.2, 0.25) is 0 Å². The van der Waals surface area contributed by atoms with E-state index in [9.17, 15) is 9.59 Å². The summed E-state index contributed by atoms with van der Waals surface area (Å²) >= 11 is 0. The first-order valence-corrected chi connectivity index (χ1v) is 23.4. The van der Waals surface area contributed by atoms with E-state index in [1.54, 1.807) is 0 Å². The first-order chi connectivity index (χ1) is 27.5. The third kappa shape index (κ3) is 25.5. The minimum Gasteiger partial charge on any atom is -0.461 e. The summed E-state index contributed by atoms with van der Waals surface area (Å²) in [6.45, 7) is 16.2. The fraction of sp³-hybridized carbons (Fsp3) is 0.720. The number of carbonyl (C=O) groups excluding carboxylic acids is 2. The molecule has 2 aromatic carbocycles. The van der Waals surface area contributed by atoms with Gasteiger partial charge < -0.3 is 19.3 Å². The standard InChI is InChI=1S/C50H84N2O4/c1-5-9-13-17-21-37-51(38-22-18-14-10-6-2)41-25-27-49(53)55-43-45-29-33-47(34-30-45)48-35-31-46(32-36-48)44-56-50(54)28-26-42-52(39-23-19-15-11-7-3)40-24-20-16-12-8-4/h29-36H,5-28,37-44H2,1-4H3. The Morgan fingerprint density at radius 2 is 0.643 bits per heavy atom. The molecule has 0 aromatic heterocycles. The zero-order valence-corrected chi connectivity index (χ0v) is 36.8. The number of ether oxygens (including phenoxy) is 2. The first-order valence-electron chi connectivity index (χ1n) is 23.4. The maximum atomic E-state index is 12.6. The fourth-order valence-corrected chi connectivity index (χ4v) is 7.38. The molecule has 56 heavy (non-hydrogen) atoms. The quantitative estimate of drug-likeness (QED) is 0.0503. The van der Waals surface area contributed by atoms with Crippen LogP contribution in [0.15, 0.2) is 48.5 Å². The summed E-state index contributed by atoms with van der Waals surface area (Å²) in [6, 6.07) is 16.5. The molecule has 0 saturated carbocycles. The second kappa shape index (κ2) is 34.4. The lowest BCUT2D eigenvalue weighted by Crippen LogP contribution is -2.28. The molecule has 0 bridgehead atoms. The predicted octanol–water partition coefficient (Wildman–Crippen LogP) is 13.5. The number of hydrogen-bond acceptors (Lipinski definition) is 6. The van der Waals surface area contributed by atoms with Gasteiger partial charge in [-0.3, -0.25) is 9.59 Å². The molecule has 0 fully saturated rings. The van der Waals surface area contributed by atoms with Crippen molar-refractivity contribution in [2.75, 3.05) is 39.3 Å². The van der Waals surface area contributed by atoms with Crippen molar-refractivity contribution in [3.8, 4) is 11.1 Å². The average Bonchev–Trinajstić information content (AvgIpc) is 3.21. The summed E-state index contributed by atoms with van der Waals surface area (Å²) in [5, 5.41) is 0. The topological polar surface area (TPSA) is 59.1 Å². The van der Waals surface area contributed by atoms with Crippen LogP contribution in [-0.2, 0) is 32.3 Å². The summed E-state index contributed by atoms with van der Waals surface area (Å²) in [4.78, 5) is 30.4. The molecule has 0 N–H and O–H groups in total. The lowest BCUT2D eigenvalue weighted by atomic mass is 10.0. The Morgan fingerprint density at radius 3 is 0.929 bits per heavy atom. The van der Waals surface area contributed by atoms with Gasteiger partial charge in [0.25, 0.3) is 0 Å². The van der Waals surface area contributed by atoms with Crippen LogP contribution in [0.2, 0.25) is 0 Å². The summed E-state index contributed by atoms with van der Waals surface area (Å²) in [7, 11) is 0. The van der Waals surface area contributed by atoms with Crippen molar-refractivity contribution in [1.82, 2.24) is 9.80 Å². The maximum absolute atomic E-state index is 12.6. The molecule has 0 aliphatic carbocycles. The van der Waals surface area contributed by atoms with E-state index in [4.69, 9.17) is 9.47 Å². The molecule has 0 spiro atoms. The minimum absolute atomic E-state index is 0.112. The Bertz CT molecular complexity index is 1090. The van der Waals surface area contributed by atoms with E-state index in [0.717, 1.165) is 74.4 Å². The molecule has 318 valence electrons. The molecular weight excluding hydrogens is 693 g/mol. The van der Waals surface area contributed by atoms with E-state index in [1.165, 1.54) is 128 Å². The van der Waals surface area contributed by atoms with Gasteiger partial charge in [-0.1, -0.05) is 179 Å². The number of benzene rings is 2. The van der Waals surface area contributed by atoms with Crippen molar-refractivity contribution < 1.29 is 19.1 Å². The van der Waals surface area contributed by atoms with Crippen LogP contribution < -0.4 is 0 Å². The van der Waals surface area contributed by atoms with Crippen LogP contribution >= 0.6 is 0 Å². The molecular formula is C50H84N2O4. The van der Waals surface area contributed by atoms with Crippen LogP contribution in [0.25, 0.3) is 11.1 Å². The summed E-state index contributed by atoms with van der Waals surface area (Å²) < 4.78 is 11.3. The van der Waals surface area contributed by atoms with Crippen molar-refractivity contribution in [3.63, 3.8) is 0 Å². The van der Waals surface area contributed by atoms with Crippen molar-refractivity contribution in [2.24, 2.45) is 0 Å². The monoisotopic (exact) mass is 777 g/mol. The molecule has 0 atom stereocenters. The first kappa shape index (κ1) is 49.4. The highest BCUT2D eigenvalue weighted by atomic mass is 16.5. The Kier molecular flexibility index (Phi) is 30.3. The van der Waals surface area contributed by atoms with Gasteiger partial charge in [0, 0.05) is 12.8 Å². The second-order valence-electron chi connectivity index (χ2n) is 16.3. The average molecular weight is 777 g/mol. The lowest BCUT2D eigenvalue weighted by Gasteiger charge is -2.22. The number of carbonyl (C=O) groups is 2. The third-order valence-corrected chi connectivity index (χ3v) is 11.1. The zero-order chi connectivity index (χ0) is 40.3. The van der Waals surface area contributed by atoms with E-state index in [0.29, 0.717) is 26.1 Å². The van der Waals surface area contributed by atoms with Gasteiger partial charge in [-0.05, 0) is 100 Å². The molecule has 0 aliphatic rings. The molecule has 0 unspecified atom stereocenters. The van der Waals surface area contributed by atoms with Crippen LogP contribution in [0.3, 0.4) is 0 Å². The molecule has 6 nitrogen and oxygen atoms in total. The van der Waals surface area contributed by atoms with Gasteiger partial charge in [-0.15, -0.1) is 0 Å². The smallest absolute Gasteiger partial charge is 0.306 e. The molecule has 0 heterocycles. The molecule has 0 amide bonds. The Hall–Kier alpha value is -2.70. The van der Waals surface area contributed by atoms with E-state index < -0.39 is 0 Å². The van der Waals surface area contributed by atoms with Crippen molar-refractivity contribution in [1.29, 1.82) is 0 Å². The zero-order valence-electron chi connectivity index (χ0n) is 36.8. The second-order valence-corrected chi connectivity index (χ2v) is 16.3. The maximum Gasteiger partial charge on any atom is 0.306 e.